The molecule has 15 heavy (non-hydrogen) atoms. The highest BCUT2D eigenvalue weighted by Crippen LogP contribution is 2.09. The Morgan fingerprint density at radius 1 is 1.13 bits per heavy atom. The Morgan fingerprint density at radius 3 is 1.93 bits per heavy atom. The highest BCUT2D eigenvalue weighted by Gasteiger charge is 1.89. The molecule has 0 spiro atoms. The highest BCUT2D eigenvalue weighted by atomic mass is 16.5. The summed E-state index contributed by atoms with van der Waals surface area (Å²) < 4.78 is 9.73. The quantitative estimate of drug-likeness (QED) is 0.716. The first-order chi connectivity index (χ1) is 7.28. The van der Waals surface area contributed by atoms with Crippen molar-refractivity contribution < 1.29 is 14.3 Å². The van der Waals surface area contributed by atoms with Crippen LogP contribution in [0, 0.1) is 0 Å². The Balaban J connectivity index is 0.000000336. The zero-order chi connectivity index (χ0) is 11.5. The normalized spacial score (nSPS) is 8.73. The molecule has 1 aromatic rings. The molecule has 0 amide bonds. The van der Waals surface area contributed by atoms with Crippen LogP contribution in [0.1, 0.15) is 24.2 Å². The van der Waals surface area contributed by atoms with Crippen LogP contribution in [-0.2, 0) is 4.74 Å². The van der Waals surface area contributed by atoms with Gasteiger partial charge in [-0.05, 0) is 38.1 Å². The predicted octanol–water partition coefficient (Wildman–Crippen LogP) is 2.55. The minimum atomic E-state index is 0.667. The molecule has 0 aliphatic carbocycles. The van der Waals surface area contributed by atoms with Crippen molar-refractivity contribution in [3.63, 3.8) is 0 Å². The van der Waals surface area contributed by atoms with Gasteiger partial charge in [0.15, 0.2) is 0 Å². The molecule has 84 valence electrons. The van der Waals surface area contributed by atoms with Crippen LogP contribution >= 0.6 is 0 Å². The molecule has 0 aromatic heterocycles. The summed E-state index contributed by atoms with van der Waals surface area (Å²) in [6, 6.07) is 6.94. The summed E-state index contributed by atoms with van der Waals surface area (Å²) in [6.07, 6.45) is 0.805. The van der Waals surface area contributed by atoms with Gasteiger partial charge < -0.3 is 9.47 Å². The summed E-state index contributed by atoms with van der Waals surface area (Å²) >= 11 is 0. The van der Waals surface area contributed by atoms with Gasteiger partial charge in [-0.1, -0.05) is 0 Å². The van der Waals surface area contributed by atoms with Gasteiger partial charge in [0.05, 0.1) is 7.11 Å². The molecule has 0 fully saturated rings. The van der Waals surface area contributed by atoms with E-state index in [1.54, 1.807) is 31.4 Å². The zero-order valence-electron chi connectivity index (χ0n) is 9.53. The molecule has 0 unspecified atom stereocenters. The van der Waals surface area contributed by atoms with Crippen LogP contribution in [0.2, 0.25) is 0 Å². The lowest BCUT2D eigenvalue weighted by molar-refractivity contribution is 0.112. The lowest BCUT2D eigenvalue weighted by Gasteiger charge is -1.96. The first-order valence-electron chi connectivity index (χ1n) is 4.95. The lowest BCUT2D eigenvalue weighted by Crippen LogP contribution is -1.84. The van der Waals surface area contributed by atoms with Crippen LogP contribution in [0.3, 0.4) is 0 Å². The van der Waals surface area contributed by atoms with Crippen LogP contribution in [0.5, 0.6) is 5.75 Å². The highest BCUT2D eigenvalue weighted by molar-refractivity contribution is 5.74. The molecule has 0 radical (unpaired) electrons. The number of hydrogen-bond acceptors (Lipinski definition) is 3. The maximum Gasteiger partial charge on any atom is 0.150 e. The van der Waals surface area contributed by atoms with Crippen molar-refractivity contribution in [3.8, 4) is 5.75 Å². The van der Waals surface area contributed by atoms with Crippen molar-refractivity contribution >= 4 is 6.29 Å². The van der Waals surface area contributed by atoms with Crippen molar-refractivity contribution in [2.45, 2.75) is 13.8 Å². The number of ether oxygens (including phenoxy) is 2. The van der Waals surface area contributed by atoms with E-state index in [1.807, 2.05) is 13.8 Å². The Morgan fingerprint density at radius 2 is 1.67 bits per heavy atom. The smallest absolute Gasteiger partial charge is 0.150 e. The number of hydrogen-bond donors (Lipinski definition) is 0. The molecule has 0 heterocycles. The van der Waals surface area contributed by atoms with E-state index in [0.717, 1.165) is 25.2 Å². The van der Waals surface area contributed by atoms with Crippen molar-refractivity contribution in [2.24, 2.45) is 0 Å². The molecule has 1 rings (SSSR count). The Bertz CT molecular complexity index is 252. The molecular weight excluding hydrogens is 192 g/mol. The van der Waals surface area contributed by atoms with Crippen LogP contribution in [-0.4, -0.2) is 26.6 Å². The fourth-order valence-electron chi connectivity index (χ4n) is 0.887. The van der Waals surface area contributed by atoms with Crippen molar-refractivity contribution in [3.05, 3.63) is 29.8 Å². The van der Waals surface area contributed by atoms with Crippen LogP contribution in [0.4, 0.5) is 0 Å². The molecule has 0 bridgehead atoms. The van der Waals surface area contributed by atoms with Crippen LogP contribution in [0.15, 0.2) is 24.3 Å². The van der Waals surface area contributed by atoms with E-state index in [2.05, 4.69) is 0 Å². The fourth-order valence-corrected chi connectivity index (χ4v) is 0.887. The number of aldehydes is 1. The second-order valence-electron chi connectivity index (χ2n) is 2.67. The molecule has 3 heteroatoms. The van der Waals surface area contributed by atoms with E-state index < -0.39 is 0 Å². The van der Waals surface area contributed by atoms with Crippen molar-refractivity contribution in [1.29, 1.82) is 0 Å². The van der Waals surface area contributed by atoms with Gasteiger partial charge in [0, 0.05) is 18.8 Å². The lowest BCUT2D eigenvalue weighted by atomic mass is 10.2. The summed E-state index contributed by atoms with van der Waals surface area (Å²) in [5.74, 6) is 0.769. The third-order valence-corrected chi connectivity index (χ3v) is 1.66. The molecule has 3 nitrogen and oxygen atoms in total. The van der Waals surface area contributed by atoms with Gasteiger partial charge in [0.25, 0.3) is 0 Å². The molecule has 0 atom stereocenters. The van der Waals surface area contributed by atoms with E-state index in [-0.39, 0.29) is 0 Å². The maximum atomic E-state index is 10.2. The average molecular weight is 210 g/mol. The number of carbonyl (C=O) groups is 1. The Kier molecular flexibility index (Phi) is 8.39. The number of rotatable bonds is 4. The number of benzene rings is 1. The van der Waals surface area contributed by atoms with Gasteiger partial charge in [-0.2, -0.15) is 0 Å². The zero-order valence-corrected chi connectivity index (χ0v) is 9.53. The Labute approximate surface area is 91.0 Å². The Hall–Kier alpha value is -1.35. The molecule has 0 saturated heterocycles. The summed E-state index contributed by atoms with van der Waals surface area (Å²) in [5.41, 5.74) is 0.667. The number of methoxy groups -OCH3 is 1. The summed E-state index contributed by atoms with van der Waals surface area (Å²) in [6.45, 7) is 5.67. The predicted molar refractivity (Wildman–Crippen MR) is 60.5 cm³/mol. The summed E-state index contributed by atoms with van der Waals surface area (Å²) in [7, 11) is 1.59. The minimum Gasteiger partial charge on any atom is -0.497 e. The topological polar surface area (TPSA) is 35.5 Å². The molecule has 0 aliphatic heterocycles. The molecule has 1 aromatic carbocycles. The van der Waals surface area contributed by atoms with E-state index in [4.69, 9.17) is 9.47 Å². The molecule has 0 aliphatic rings. The second kappa shape index (κ2) is 9.21. The summed E-state index contributed by atoms with van der Waals surface area (Å²) in [4.78, 5) is 10.2. The van der Waals surface area contributed by atoms with E-state index in [9.17, 15) is 4.79 Å². The maximum absolute atomic E-state index is 10.2. The van der Waals surface area contributed by atoms with Crippen LogP contribution in [0.25, 0.3) is 0 Å². The van der Waals surface area contributed by atoms with Gasteiger partial charge >= 0.3 is 0 Å². The fraction of sp³-hybridized carbons (Fsp3) is 0.417. The SMILES string of the molecule is CCOCC.COc1ccc(C=O)cc1. The molecular formula is C12H18O3. The monoisotopic (exact) mass is 210 g/mol. The van der Waals surface area contributed by atoms with Gasteiger partial charge in [0.2, 0.25) is 0 Å². The first kappa shape index (κ1) is 13.7. The first-order valence-corrected chi connectivity index (χ1v) is 4.95. The molecule has 0 saturated carbocycles. The van der Waals surface area contributed by atoms with Gasteiger partial charge in [-0.15, -0.1) is 0 Å². The van der Waals surface area contributed by atoms with Crippen molar-refractivity contribution in [1.82, 2.24) is 0 Å². The van der Waals surface area contributed by atoms with Crippen molar-refractivity contribution in [2.75, 3.05) is 20.3 Å². The minimum absolute atomic E-state index is 0.667. The van der Waals surface area contributed by atoms with E-state index in [1.165, 1.54) is 0 Å². The number of carbonyl (C=O) groups excluding carboxylic acids is 1. The van der Waals surface area contributed by atoms with E-state index in [0.29, 0.717) is 5.56 Å². The van der Waals surface area contributed by atoms with Crippen LogP contribution < -0.4 is 4.74 Å². The second-order valence-corrected chi connectivity index (χ2v) is 2.67. The molecule has 0 N–H and O–H groups in total. The summed E-state index contributed by atoms with van der Waals surface area (Å²) in [5, 5.41) is 0. The largest absolute Gasteiger partial charge is 0.497 e. The van der Waals surface area contributed by atoms with E-state index >= 15 is 0 Å². The van der Waals surface area contributed by atoms with Gasteiger partial charge in [-0.25, -0.2) is 0 Å². The third-order valence-electron chi connectivity index (χ3n) is 1.66. The average Bonchev–Trinajstić information content (AvgIpc) is 2.31. The van der Waals surface area contributed by atoms with Gasteiger partial charge in [-0.3, -0.25) is 4.79 Å². The third kappa shape index (κ3) is 6.69. The van der Waals surface area contributed by atoms with Gasteiger partial charge in [0.1, 0.15) is 12.0 Å². The standard InChI is InChI=1S/C8H8O2.C4H10O/c1-10-8-4-2-7(6-9)3-5-8;1-3-5-4-2/h2-6H,1H3;3-4H2,1-2H3.